The van der Waals surface area contributed by atoms with E-state index in [0.29, 0.717) is 12.8 Å². The van der Waals surface area contributed by atoms with Gasteiger partial charge in [-0.2, -0.15) is 8.78 Å². The molecule has 0 atom stereocenters. The zero-order chi connectivity index (χ0) is 11.1. The first-order chi connectivity index (χ1) is 7.14. The van der Waals surface area contributed by atoms with Crippen molar-refractivity contribution in [2.75, 3.05) is 13.3 Å². The van der Waals surface area contributed by atoms with Crippen molar-refractivity contribution in [3.63, 3.8) is 0 Å². The van der Waals surface area contributed by atoms with Gasteiger partial charge in [0.05, 0.1) is 6.61 Å². The van der Waals surface area contributed by atoms with E-state index in [0.717, 1.165) is 5.56 Å². The van der Waals surface area contributed by atoms with Crippen LogP contribution in [0.3, 0.4) is 0 Å². The van der Waals surface area contributed by atoms with Crippen LogP contribution in [-0.4, -0.2) is 19.4 Å². The molecular weight excluding hydrogens is 205 g/mol. The summed E-state index contributed by atoms with van der Waals surface area (Å²) in [5.41, 5.74) is 1.06. The number of benzene rings is 1. The van der Waals surface area contributed by atoms with E-state index in [1.165, 1.54) is 0 Å². The number of alkyl halides is 3. The molecule has 0 heterocycles. The lowest BCUT2D eigenvalue weighted by Gasteiger charge is -2.12. The number of halogens is 3. The molecular formula is C11H13F3O. The van der Waals surface area contributed by atoms with Gasteiger partial charge in [0.15, 0.2) is 6.67 Å². The molecule has 0 N–H and O–H groups in total. The van der Waals surface area contributed by atoms with Crippen LogP contribution < -0.4 is 0 Å². The van der Waals surface area contributed by atoms with Crippen molar-refractivity contribution in [2.45, 2.75) is 19.0 Å². The average molecular weight is 218 g/mol. The van der Waals surface area contributed by atoms with E-state index >= 15 is 0 Å². The quantitative estimate of drug-likeness (QED) is 0.666. The molecule has 1 nitrogen and oxygen atoms in total. The van der Waals surface area contributed by atoms with E-state index in [1.807, 2.05) is 30.3 Å². The minimum Gasteiger partial charge on any atom is -0.318 e. The first-order valence-electron chi connectivity index (χ1n) is 4.76. The maximum atomic E-state index is 12.3. The first-order valence-corrected chi connectivity index (χ1v) is 4.76. The van der Waals surface area contributed by atoms with Gasteiger partial charge in [0, 0.05) is 0 Å². The summed E-state index contributed by atoms with van der Waals surface area (Å²) in [5.74, 6) is 0. The second-order valence-corrected chi connectivity index (χ2v) is 3.21. The van der Waals surface area contributed by atoms with Gasteiger partial charge in [-0.3, -0.25) is 0 Å². The average Bonchev–Trinajstić information content (AvgIpc) is 2.26. The van der Waals surface area contributed by atoms with Crippen LogP contribution in [0.1, 0.15) is 12.0 Å². The third-order valence-electron chi connectivity index (χ3n) is 1.92. The normalized spacial score (nSPS) is 11.7. The third kappa shape index (κ3) is 4.83. The van der Waals surface area contributed by atoms with Crippen molar-refractivity contribution in [2.24, 2.45) is 0 Å². The summed E-state index contributed by atoms with van der Waals surface area (Å²) < 4.78 is 40.3. The summed E-state index contributed by atoms with van der Waals surface area (Å²) in [6, 6.07) is 9.47. The van der Waals surface area contributed by atoms with E-state index in [4.69, 9.17) is 0 Å². The van der Waals surface area contributed by atoms with E-state index in [1.54, 1.807) is 0 Å². The number of aryl methyl sites for hydroxylation is 1. The van der Waals surface area contributed by atoms with Gasteiger partial charge >= 0.3 is 6.11 Å². The maximum Gasteiger partial charge on any atom is 0.384 e. The predicted octanol–water partition coefficient (Wildman–Crippen LogP) is 3.20. The predicted molar refractivity (Wildman–Crippen MR) is 51.6 cm³/mol. The van der Waals surface area contributed by atoms with Crippen molar-refractivity contribution in [1.29, 1.82) is 0 Å². The summed E-state index contributed by atoms with van der Waals surface area (Å²) in [6.07, 6.45) is -2.51. The fourth-order valence-electron chi connectivity index (χ4n) is 1.18. The molecule has 0 aliphatic heterocycles. The summed E-state index contributed by atoms with van der Waals surface area (Å²) in [5, 5.41) is 0. The fourth-order valence-corrected chi connectivity index (χ4v) is 1.18. The van der Waals surface area contributed by atoms with Gasteiger partial charge in [-0.1, -0.05) is 30.3 Å². The van der Waals surface area contributed by atoms with Crippen LogP contribution >= 0.6 is 0 Å². The maximum absolute atomic E-state index is 12.3. The van der Waals surface area contributed by atoms with Crippen LogP contribution in [-0.2, 0) is 11.2 Å². The SMILES string of the molecule is FCC(F)(F)OCCCc1ccccc1. The van der Waals surface area contributed by atoms with Gasteiger partial charge in [-0.25, -0.2) is 4.39 Å². The molecule has 0 bridgehead atoms. The molecule has 0 saturated carbocycles. The highest BCUT2D eigenvalue weighted by Crippen LogP contribution is 2.16. The van der Waals surface area contributed by atoms with Gasteiger partial charge in [0.2, 0.25) is 0 Å². The molecule has 0 aromatic heterocycles. The van der Waals surface area contributed by atoms with E-state index in [-0.39, 0.29) is 6.61 Å². The van der Waals surface area contributed by atoms with Crippen molar-refractivity contribution in [3.8, 4) is 0 Å². The van der Waals surface area contributed by atoms with Crippen molar-refractivity contribution in [3.05, 3.63) is 35.9 Å². The number of ether oxygens (including phenoxy) is 1. The highest BCUT2D eigenvalue weighted by Gasteiger charge is 2.29. The molecule has 4 heteroatoms. The first kappa shape index (κ1) is 12.0. The van der Waals surface area contributed by atoms with E-state index < -0.39 is 12.8 Å². The van der Waals surface area contributed by atoms with Crippen LogP contribution in [0.5, 0.6) is 0 Å². The Morgan fingerprint density at radius 3 is 2.40 bits per heavy atom. The molecule has 0 unspecified atom stereocenters. The van der Waals surface area contributed by atoms with Crippen molar-refractivity contribution in [1.82, 2.24) is 0 Å². The van der Waals surface area contributed by atoms with Crippen LogP contribution in [0.15, 0.2) is 30.3 Å². The van der Waals surface area contributed by atoms with Crippen LogP contribution in [0.25, 0.3) is 0 Å². The Labute approximate surface area is 86.9 Å². The zero-order valence-corrected chi connectivity index (χ0v) is 8.26. The van der Waals surface area contributed by atoms with Crippen molar-refractivity contribution < 1.29 is 17.9 Å². The molecule has 0 saturated heterocycles. The Bertz CT molecular complexity index is 274. The number of rotatable bonds is 6. The zero-order valence-electron chi connectivity index (χ0n) is 8.26. The van der Waals surface area contributed by atoms with Crippen molar-refractivity contribution >= 4 is 0 Å². The lowest BCUT2D eigenvalue weighted by atomic mass is 10.1. The number of hydrogen-bond donors (Lipinski definition) is 0. The second-order valence-electron chi connectivity index (χ2n) is 3.21. The Morgan fingerprint density at radius 1 is 1.13 bits per heavy atom. The number of hydrogen-bond acceptors (Lipinski definition) is 1. The van der Waals surface area contributed by atoms with Gasteiger partial charge in [-0.05, 0) is 18.4 Å². The molecule has 0 fully saturated rings. The van der Waals surface area contributed by atoms with Gasteiger partial charge in [0.25, 0.3) is 0 Å². The van der Waals surface area contributed by atoms with Gasteiger partial charge in [-0.15, -0.1) is 0 Å². The molecule has 0 aliphatic rings. The standard InChI is InChI=1S/C11H13F3O/c12-9-11(13,14)15-8-4-7-10-5-2-1-3-6-10/h1-3,5-6H,4,7-9H2. The molecule has 15 heavy (non-hydrogen) atoms. The highest BCUT2D eigenvalue weighted by molar-refractivity contribution is 5.14. The lowest BCUT2D eigenvalue weighted by Crippen LogP contribution is -2.23. The van der Waals surface area contributed by atoms with Gasteiger partial charge in [0.1, 0.15) is 0 Å². The summed E-state index contributed by atoms with van der Waals surface area (Å²) >= 11 is 0. The Balaban J connectivity index is 2.18. The molecule has 0 amide bonds. The second kappa shape index (κ2) is 5.75. The molecule has 84 valence electrons. The molecule has 1 aromatic carbocycles. The topological polar surface area (TPSA) is 9.23 Å². The smallest absolute Gasteiger partial charge is 0.318 e. The largest absolute Gasteiger partial charge is 0.384 e. The lowest BCUT2D eigenvalue weighted by molar-refractivity contribution is -0.246. The van der Waals surface area contributed by atoms with Crippen LogP contribution in [0.4, 0.5) is 13.2 Å². The Morgan fingerprint density at radius 2 is 1.80 bits per heavy atom. The monoisotopic (exact) mass is 218 g/mol. The minimum absolute atomic E-state index is 0.133. The fraction of sp³-hybridized carbons (Fsp3) is 0.455. The van der Waals surface area contributed by atoms with Gasteiger partial charge < -0.3 is 4.74 Å². The molecule has 1 rings (SSSR count). The van der Waals surface area contributed by atoms with Crippen LogP contribution in [0.2, 0.25) is 0 Å². The molecule has 0 radical (unpaired) electrons. The molecule has 1 aromatic rings. The Hall–Kier alpha value is -1.03. The highest BCUT2D eigenvalue weighted by atomic mass is 19.3. The minimum atomic E-state index is -3.63. The van der Waals surface area contributed by atoms with E-state index in [2.05, 4.69) is 4.74 Å². The summed E-state index contributed by atoms with van der Waals surface area (Å²) in [4.78, 5) is 0. The van der Waals surface area contributed by atoms with E-state index in [9.17, 15) is 13.2 Å². The van der Waals surface area contributed by atoms with Crippen LogP contribution in [0, 0.1) is 0 Å². The Kier molecular flexibility index (Phi) is 4.62. The third-order valence-corrected chi connectivity index (χ3v) is 1.92. The molecule has 0 spiro atoms. The molecule has 0 aliphatic carbocycles. The summed E-state index contributed by atoms with van der Waals surface area (Å²) in [6.45, 7) is -1.90. The summed E-state index contributed by atoms with van der Waals surface area (Å²) in [7, 11) is 0.